The number of aliphatic hydroxyl groups is 1. The van der Waals surface area contributed by atoms with Crippen molar-refractivity contribution in [2.75, 3.05) is 13.2 Å². The minimum atomic E-state index is -0.194. The Kier molecular flexibility index (Phi) is 4.34. The molecule has 0 spiro atoms. The number of hydrogen-bond donors (Lipinski definition) is 2. The van der Waals surface area contributed by atoms with Crippen molar-refractivity contribution in [3.63, 3.8) is 0 Å². The molecule has 1 fully saturated rings. The van der Waals surface area contributed by atoms with Crippen LogP contribution in [0.3, 0.4) is 0 Å². The molecule has 1 heterocycles. The molecule has 1 aromatic carbocycles. The van der Waals surface area contributed by atoms with Gasteiger partial charge in [0.15, 0.2) is 0 Å². The maximum atomic E-state index is 9.59. The van der Waals surface area contributed by atoms with Crippen molar-refractivity contribution in [1.29, 1.82) is 0 Å². The Morgan fingerprint density at radius 1 is 1.31 bits per heavy atom. The third-order valence-corrected chi connectivity index (χ3v) is 3.00. The van der Waals surface area contributed by atoms with E-state index in [0.29, 0.717) is 13.2 Å². The summed E-state index contributed by atoms with van der Waals surface area (Å²) in [6, 6.07) is 10.4. The van der Waals surface area contributed by atoms with Gasteiger partial charge in [-0.25, -0.2) is 0 Å². The van der Waals surface area contributed by atoms with Crippen molar-refractivity contribution in [3.05, 3.63) is 35.9 Å². The van der Waals surface area contributed by atoms with E-state index >= 15 is 0 Å². The summed E-state index contributed by atoms with van der Waals surface area (Å²) in [5.41, 5.74) is 1.20. The van der Waals surface area contributed by atoms with Crippen molar-refractivity contribution in [1.82, 2.24) is 5.32 Å². The van der Waals surface area contributed by atoms with Crippen LogP contribution in [0.5, 0.6) is 0 Å². The number of aliphatic hydroxyl groups excluding tert-OH is 1. The molecule has 2 rings (SSSR count). The first kappa shape index (κ1) is 11.6. The Morgan fingerprint density at radius 2 is 2.12 bits per heavy atom. The Morgan fingerprint density at radius 3 is 2.81 bits per heavy atom. The van der Waals surface area contributed by atoms with Crippen LogP contribution in [0.25, 0.3) is 0 Å². The van der Waals surface area contributed by atoms with Gasteiger partial charge in [0.2, 0.25) is 0 Å². The summed E-state index contributed by atoms with van der Waals surface area (Å²) in [7, 11) is 0. The molecular formula is C13H19NO2. The molecule has 0 bridgehead atoms. The van der Waals surface area contributed by atoms with Crippen LogP contribution < -0.4 is 5.32 Å². The third kappa shape index (κ3) is 3.30. The van der Waals surface area contributed by atoms with E-state index in [1.54, 1.807) is 0 Å². The van der Waals surface area contributed by atoms with Crippen molar-refractivity contribution in [3.8, 4) is 0 Å². The summed E-state index contributed by atoms with van der Waals surface area (Å²) < 4.78 is 5.58. The zero-order valence-electron chi connectivity index (χ0n) is 9.43. The van der Waals surface area contributed by atoms with Gasteiger partial charge in [-0.3, -0.25) is 0 Å². The Balaban J connectivity index is 1.62. The number of hydrogen-bond acceptors (Lipinski definition) is 3. The lowest BCUT2D eigenvalue weighted by atomic mass is 10.1. The van der Waals surface area contributed by atoms with Crippen LogP contribution in [0.2, 0.25) is 0 Å². The Bertz CT molecular complexity index is 302. The lowest BCUT2D eigenvalue weighted by molar-refractivity contribution is 0.0903. The van der Waals surface area contributed by atoms with Crippen LogP contribution in [-0.2, 0) is 11.3 Å². The van der Waals surface area contributed by atoms with E-state index in [9.17, 15) is 5.11 Å². The SMILES string of the molecule is O[C@H]1CCN[C@@H]1CCOCc1ccccc1. The Hall–Kier alpha value is -0.900. The van der Waals surface area contributed by atoms with Gasteiger partial charge in [0.1, 0.15) is 0 Å². The summed E-state index contributed by atoms with van der Waals surface area (Å²) in [6.07, 6.45) is 1.55. The highest BCUT2D eigenvalue weighted by Gasteiger charge is 2.23. The lowest BCUT2D eigenvalue weighted by Gasteiger charge is -2.14. The number of nitrogens with one attached hydrogen (secondary N) is 1. The molecule has 88 valence electrons. The van der Waals surface area contributed by atoms with Gasteiger partial charge < -0.3 is 15.2 Å². The zero-order valence-corrected chi connectivity index (χ0v) is 9.43. The molecule has 1 saturated heterocycles. The van der Waals surface area contributed by atoms with Gasteiger partial charge in [0.05, 0.1) is 12.7 Å². The highest BCUT2D eigenvalue weighted by molar-refractivity contribution is 5.13. The minimum absolute atomic E-state index is 0.194. The van der Waals surface area contributed by atoms with Gasteiger partial charge >= 0.3 is 0 Å². The van der Waals surface area contributed by atoms with E-state index in [2.05, 4.69) is 17.4 Å². The van der Waals surface area contributed by atoms with Gasteiger partial charge in [-0.15, -0.1) is 0 Å². The third-order valence-electron chi connectivity index (χ3n) is 3.00. The van der Waals surface area contributed by atoms with Crippen LogP contribution in [0.1, 0.15) is 18.4 Å². The smallest absolute Gasteiger partial charge is 0.0716 e. The molecule has 2 atom stereocenters. The molecule has 3 heteroatoms. The molecule has 0 amide bonds. The number of ether oxygens (including phenoxy) is 1. The van der Waals surface area contributed by atoms with Gasteiger partial charge in [-0.1, -0.05) is 30.3 Å². The molecule has 1 aliphatic rings. The van der Waals surface area contributed by atoms with Crippen LogP contribution in [0.4, 0.5) is 0 Å². The maximum absolute atomic E-state index is 9.59. The highest BCUT2D eigenvalue weighted by Crippen LogP contribution is 2.10. The van der Waals surface area contributed by atoms with E-state index in [1.807, 2.05) is 18.2 Å². The van der Waals surface area contributed by atoms with Crippen molar-refractivity contribution < 1.29 is 9.84 Å². The van der Waals surface area contributed by atoms with Gasteiger partial charge in [0, 0.05) is 12.6 Å². The first-order valence-corrected chi connectivity index (χ1v) is 5.89. The molecule has 3 nitrogen and oxygen atoms in total. The molecule has 0 saturated carbocycles. The topological polar surface area (TPSA) is 41.5 Å². The van der Waals surface area contributed by atoms with Gasteiger partial charge in [0.25, 0.3) is 0 Å². The zero-order chi connectivity index (χ0) is 11.2. The predicted octanol–water partition coefficient (Wildman–Crippen LogP) is 1.32. The van der Waals surface area contributed by atoms with Crippen molar-refractivity contribution in [2.45, 2.75) is 31.6 Å². The van der Waals surface area contributed by atoms with Crippen LogP contribution in [0, 0.1) is 0 Å². The van der Waals surface area contributed by atoms with Crippen LogP contribution >= 0.6 is 0 Å². The standard InChI is InChI=1S/C13H19NO2/c15-13-6-8-14-12(13)7-9-16-10-11-4-2-1-3-5-11/h1-5,12-15H,6-10H2/t12-,13+/m1/s1. The fraction of sp³-hybridized carbons (Fsp3) is 0.538. The van der Waals surface area contributed by atoms with Gasteiger partial charge in [-0.2, -0.15) is 0 Å². The summed E-state index contributed by atoms with van der Waals surface area (Å²) in [4.78, 5) is 0. The molecule has 0 aromatic heterocycles. The predicted molar refractivity (Wildman–Crippen MR) is 63.1 cm³/mol. The summed E-state index contributed by atoms with van der Waals surface area (Å²) in [5.74, 6) is 0. The van der Waals surface area contributed by atoms with E-state index < -0.39 is 0 Å². The highest BCUT2D eigenvalue weighted by atomic mass is 16.5. The maximum Gasteiger partial charge on any atom is 0.0716 e. The normalized spacial score (nSPS) is 24.8. The fourth-order valence-electron chi connectivity index (χ4n) is 2.02. The van der Waals surface area contributed by atoms with E-state index in [0.717, 1.165) is 19.4 Å². The molecule has 1 aliphatic heterocycles. The largest absolute Gasteiger partial charge is 0.391 e. The monoisotopic (exact) mass is 221 g/mol. The minimum Gasteiger partial charge on any atom is -0.391 e. The van der Waals surface area contributed by atoms with Crippen LogP contribution in [-0.4, -0.2) is 30.4 Å². The quantitative estimate of drug-likeness (QED) is 0.737. The molecule has 1 aromatic rings. The average molecular weight is 221 g/mol. The molecule has 0 aliphatic carbocycles. The molecule has 2 N–H and O–H groups in total. The lowest BCUT2D eigenvalue weighted by Crippen LogP contribution is -2.31. The molecule has 16 heavy (non-hydrogen) atoms. The second kappa shape index (κ2) is 5.99. The van der Waals surface area contributed by atoms with Crippen LogP contribution in [0.15, 0.2) is 30.3 Å². The first-order valence-electron chi connectivity index (χ1n) is 5.89. The Labute approximate surface area is 96.4 Å². The second-order valence-corrected chi connectivity index (χ2v) is 4.24. The van der Waals surface area contributed by atoms with Gasteiger partial charge in [-0.05, 0) is 24.9 Å². The molecular weight excluding hydrogens is 202 g/mol. The summed E-state index contributed by atoms with van der Waals surface area (Å²) >= 11 is 0. The fourth-order valence-corrected chi connectivity index (χ4v) is 2.02. The molecule has 0 radical (unpaired) electrons. The molecule has 0 unspecified atom stereocenters. The second-order valence-electron chi connectivity index (χ2n) is 4.24. The summed E-state index contributed by atoms with van der Waals surface area (Å²) in [6.45, 7) is 2.28. The van der Waals surface area contributed by atoms with Crippen molar-refractivity contribution in [2.24, 2.45) is 0 Å². The number of rotatable bonds is 5. The first-order chi connectivity index (χ1) is 7.86. The van der Waals surface area contributed by atoms with E-state index in [1.165, 1.54) is 5.56 Å². The van der Waals surface area contributed by atoms with E-state index in [-0.39, 0.29) is 12.1 Å². The van der Waals surface area contributed by atoms with E-state index in [4.69, 9.17) is 4.74 Å². The summed E-state index contributed by atoms with van der Waals surface area (Å²) in [5, 5.41) is 12.9. The average Bonchev–Trinajstić information content (AvgIpc) is 2.72. The number of benzene rings is 1. The van der Waals surface area contributed by atoms with Crippen molar-refractivity contribution >= 4 is 0 Å².